The molecule has 3 aliphatic rings. The normalized spacial score (nSPS) is 18.1. The zero-order chi connectivity index (χ0) is 24.5. The molecule has 1 aliphatic heterocycles. The average molecular weight is 535 g/mol. The van der Waals surface area contributed by atoms with Gasteiger partial charge in [-0.25, -0.2) is 0 Å². The maximum absolute atomic E-state index is 13.0. The fourth-order valence-corrected chi connectivity index (χ4v) is 5.68. The molecule has 5 rings (SSSR count). The molecule has 0 saturated carbocycles. The Hall–Kier alpha value is -3.19. The molecule has 1 amide bonds. The molecule has 0 radical (unpaired) electrons. The van der Waals surface area contributed by atoms with Gasteiger partial charge in [0.1, 0.15) is 5.75 Å². The van der Waals surface area contributed by atoms with Gasteiger partial charge >= 0.3 is 0 Å². The van der Waals surface area contributed by atoms with Crippen molar-refractivity contribution in [3.05, 3.63) is 80.6 Å². The third-order valence-electron chi connectivity index (χ3n) is 6.86. The second kappa shape index (κ2) is 9.82. The Morgan fingerprint density at radius 3 is 2.29 bits per heavy atom. The summed E-state index contributed by atoms with van der Waals surface area (Å²) in [6, 6.07) is 13.2. The molecule has 0 fully saturated rings. The Kier molecular flexibility index (Phi) is 6.60. The van der Waals surface area contributed by atoms with E-state index in [1.54, 1.807) is 6.07 Å². The first kappa shape index (κ1) is 23.5. The summed E-state index contributed by atoms with van der Waals surface area (Å²) < 4.78 is 6.45. The number of ketones is 2. The van der Waals surface area contributed by atoms with Crippen LogP contribution in [0.5, 0.6) is 5.75 Å². The minimum Gasteiger partial charge on any atom is -0.483 e. The number of allylic oxidation sites excluding steroid dienone is 4. The fraction of sp³-hybridized carbons (Fsp3) is 0.321. The number of amides is 1. The van der Waals surface area contributed by atoms with E-state index in [0.717, 1.165) is 65.0 Å². The number of nitrogens with one attached hydrogen (secondary N) is 2. The average Bonchev–Trinajstić information content (AvgIpc) is 2.84. The number of hydrogen-bond acceptors (Lipinski definition) is 5. The summed E-state index contributed by atoms with van der Waals surface area (Å²) in [6.45, 7) is 1.80. The van der Waals surface area contributed by atoms with Crippen molar-refractivity contribution in [2.24, 2.45) is 0 Å². The van der Waals surface area contributed by atoms with Gasteiger partial charge in [0.25, 0.3) is 5.91 Å². The van der Waals surface area contributed by atoms with Gasteiger partial charge in [-0.05, 0) is 77.9 Å². The minimum absolute atomic E-state index is 0.109. The van der Waals surface area contributed by atoms with Gasteiger partial charge in [0.15, 0.2) is 18.2 Å². The quantitative estimate of drug-likeness (QED) is 0.530. The highest BCUT2D eigenvalue weighted by molar-refractivity contribution is 9.10. The lowest BCUT2D eigenvalue weighted by Gasteiger charge is -2.37. The molecular formula is C28H27BrN2O4. The highest BCUT2D eigenvalue weighted by Gasteiger charge is 2.40. The molecule has 0 bridgehead atoms. The highest BCUT2D eigenvalue weighted by Crippen LogP contribution is 2.46. The molecule has 6 nitrogen and oxygen atoms in total. The van der Waals surface area contributed by atoms with E-state index in [-0.39, 0.29) is 30.0 Å². The number of aryl methyl sites for hydroxylation is 1. The Bertz CT molecular complexity index is 1250. The summed E-state index contributed by atoms with van der Waals surface area (Å²) in [6.07, 6.45) is 4.31. The molecule has 0 saturated heterocycles. The van der Waals surface area contributed by atoms with Crippen LogP contribution in [0.4, 0.5) is 5.69 Å². The van der Waals surface area contributed by atoms with Gasteiger partial charge < -0.3 is 15.4 Å². The van der Waals surface area contributed by atoms with Crippen LogP contribution in [0.15, 0.2) is 69.5 Å². The number of benzene rings is 2. The van der Waals surface area contributed by atoms with Crippen molar-refractivity contribution in [2.75, 3.05) is 11.9 Å². The Morgan fingerprint density at radius 2 is 1.66 bits per heavy atom. The zero-order valence-corrected chi connectivity index (χ0v) is 21.2. The predicted octanol–water partition coefficient (Wildman–Crippen LogP) is 5.48. The standard InChI is InChI=1S/C28H27BrN2O4/c1-16-6-2-3-7-19(16)31-25(34)15-35-24-13-12-17(14-18(24)29)26-27-20(8-4-10-22(27)32)30-21-9-5-11-23(33)28(21)26/h2-3,6-7,12-14,26,30H,4-5,8-11,15H2,1H3,(H,31,34). The highest BCUT2D eigenvalue weighted by atomic mass is 79.9. The number of ether oxygens (including phenoxy) is 1. The fourth-order valence-electron chi connectivity index (χ4n) is 5.17. The van der Waals surface area contributed by atoms with Gasteiger partial charge in [-0.2, -0.15) is 0 Å². The minimum atomic E-state index is -0.364. The van der Waals surface area contributed by atoms with Crippen molar-refractivity contribution >= 4 is 39.1 Å². The molecule has 0 aromatic heterocycles. The summed E-state index contributed by atoms with van der Waals surface area (Å²) in [5.74, 6) is 0.127. The molecule has 2 aromatic rings. The second-order valence-corrected chi connectivity index (χ2v) is 10.1. The van der Waals surface area contributed by atoms with E-state index in [1.165, 1.54) is 0 Å². The largest absolute Gasteiger partial charge is 0.483 e. The molecule has 0 atom stereocenters. The van der Waals surface area contributed by atoms with Crippen molar-refractivity contribution in [1.82, 2.24) is 5.32 Å². The first-order valence-corrected chi connectivity index (χ1v) is 12.8. The number of para-hydroxylation sites is 1. The van der Waals surface area contributed by atoms with Gasteiger partial charge in [-0.1, -0.05) is 24.3 Å². The summed E-state index contributed by atoms with van der Waals surface area (Å²) in [4.78, 5) is 38.4. The molecular weight excluding hydrogens is 508 g/mol. The first-order chi connectivity index (χ1) is 16.9. The summed E-state index contributed by atoms with van der Waals surface area (Å²) in [7, 11) is 0. The van der Waals surface area contributed by atoms with Crippen LogP contribution >= 0.6 is 15.9 Å². The molecule has 2 N–H and O–H groups in total. The Morgan fingerprint density at radius 1 is 1.00 bits per heavy atom. The van der Waals surface area contributed by atoms with E-state index in [2.05, 4.69) is 26.6 Å². The van der Waals surface area contributed by atoms with Crippen molar-refractivity contribution < 1.29 is 19.1 Å². The van der Waals surface area contributed by atoms with Crippen LogP contribution < -0.4 is 15.4 Å². The van der Waals surface area contributed by atoms with E-state index in [1.807, 2.05) is 43.3 Å². The van der Waals surface area contributed by atoms with Crippen LogP contribution in [0.3, 0.4) is 0 Å². The van der Waals surface area contributed by atoms with Gasteiger partial charge in [0.2, 0.25) is 0 Å². The number of anilines is 1. The second-order valence-electron chi connectivity index (χ2n) is 9.24. The number of hydrogen-bond donors (Lipinski definition) is 2. The number of dihydropyridines is 1. The summed E-state index contributed by atoms with van der Waals surface area (Å²) in [5.41, 5.74) is 5.98. The molecule has 0 unspecified atom stereocenters. The third-order valence-corrected chi connectivity index (χ3v) is 7.48. The number of carbonyl (C=O) groups is 3. The van der Waals surface area contributed by atoms with E-state index < -0.39 is 0 Å². The van der Waals surface area contributed by atoms with E-state index >= 15 is 0 Å². The van der Waals surface area contributed by atoms with Crippen molar-refractivity contribution in [3.8, 4) is 5.75 Å². The lowest BCUT2D eigenvalue weighted by Crippen LogP contribution is -2.36. The van der Waals surface area contributed by atoms with Gasteiger partial charge in [0, 0.05) is 47.0 Å². The van der Waals surface area contributed by atoms with Crippen molar-refractivity contribution in [1.29, 1.82) is 0 Å². The zero-order valence-electron chi connectivity index (χ0n) is 19.6. The predicted molar refractivity (Wildman–Crippen MR) is 137 cm³/mol. The van der Waals surface area contributed by atoms with Crippen LogP contribution in [0, 0.1) is 6.92 Å². The van der Waals surface area contributed by atoms with Crippen LogP contribution in [-0.4, -0.2) is 24.1 Å². The SMILES string of the molecule is Cc1ccccc1NC(=O)COc1ccc(C2C3=C(CCCC3=O)NC3=C2C(=O)CCC3)cc1Br. The van der Waals surface area contributed by atoms with Crippen LogP contribution in [0.2, 0.25) is 0 Å². The molecule has 1 heterocycles. The lowest BCUT2D eigenvalue weighted by atomic mass is 9.71. The molecule has 2 aromatic carbocycles. The molecule has 35 heavy (non-hydrogen) atoms. The lowest BCUT2D eigenvalue weighted by molar-refractivity contribution is -0.118. The van der Waals surface area contributed by atoms with Crippen LogP contribution in [-0.2, 0) is 14.4 Å². The van der Waals surface area contributed by atoms with Crippen LogP contribution in [0.25, 0.3) is 0 Å². The number of rotatable bonds is 5. The van der Waals surface area contributed by atoms with E-state index in [4.69, 9.17) is 4.74 Å². The van der Waals surface area contributed by atoms with Gasteiger partial charge in [-0.15, -0.1) is 0 Å². The number of Topliss-reactive ketones (excluding diaryl/α,β-unsaturated/α-hetero) is 2. The molecule has 2 aliphatic carbocycles. The molecule has 0 spiro atoms. The number of carbonyl (C=O) groups excluding carboxylic acids is 3. The smallest absolute Gasteiger partial charge is 0.262 e. The van der Waals surface area contributed by atoms with Gasteiger partial charge in [-0.3, -0.25) is 14.4 Å². The van der Waals surface area contributed by atoms with E-state index in [0.29, 0.717) is 23.1 Å². The Balaban J connectivity index is 1.39. The first-order valence-electron chi connectivity index (χ1n) is 12.0. The maximum atomic E-state index is 13.0. The topological polar surface area (TPSA) is 84.5 Å². The van der Waals surface area contributed by atoms with E-state index in [9.17, 15) is 14.4 Å². The molecule has 180 valence electrons. The maximum Gasteiger partial charge on any atom is 0.262 e. The molecule has 7 heteroatoms. The van der Waals surface area contributed by atoms with Crippen LogP contribution in [0.1, 0.15) is 55.6 Å². The third kappa shape index (κ3) is 4.69. The summed E-state index contributed by atoms with van der Waals surface area (Å²) in [5, 5.41) is 6.30. The Labute approximate surface area is 212 Å². The van der Waals surface area contributed by atoms with Crippen molar-refractivity contribution in [3.63, 3.8) is 0 Å². The monoisotopic (exact) mass is 534 g/mol. The number of halogens is 1. The van der Waals surface area contributed by atoms with Gasteiger partial charge in [0.05, 0.1) is 4.47 Å². The van der Waals surface area contributed by atoms with Crippen molar-refractivity contribution in [2.45, 2.75) is 51.4 Å². The summed E-state index contributed by atoms with van der Waals surface area (Å²) >= 11 is 3.57.